The van der Waals surface area contributed by atoms with Gasteiger partial charge in [-0.15, -0.1) is 0 Å². The van der Waals surface area contributed by atoms with Gasteiger partial charge in [-0.1, -0.05) is 0 Å². The van der Waals surface area contributed by atoms with Gasteiger partial charge in [-0.3, -0.25) is 9.58 Å². The van der Waals surface area contributed by atoms with Gasteiger partial charge < -0.3 is 10.6 Å². The van der Waals surface area contributed by atoms with Gasteiger partial charge in [-0.05, 0) is 33.1 Å². The fraction of sp³-hybridized carbons (Fsp3) is 0.632. The Hall–Kier alpha value is -2.43. The molecule has 0 bridgehead atoms. The van der Waals surface area contributed by atoms with E-state index in [1.807, 2.05) is 11.6 Å². The second kappa shape index (κ2) is 8.01. The normalized spacial score (nSPS) is 24.7. The summed E-state index contributed by atoms with van der Waals surface area (Å²) >= 11 is 0. The van der Waals surface area contributed by atoms with Crippen molar-refractivity contribution < 1.29 is 17.6 Å². The van der Waals surface area contributed by atoms with Crippen LogP contribution in [0, 0.1) is 6.92 Å². The molecule has 30 heavy (non-hydrogen) atoms. The summed E-state index contributed by atoms with van der Waals surface area (Å²) in [5.41, 5.74) is 0.600. The molecule has 1 aliphatic heterocycles. The van der Waals surface area contributed by atoms with Gasteiger partial charge in [0, 0.05) is 31.9 Å². The number of hydrogen-bond donors (Lipinski definition) is 2. The number of alkyl halides is 4. The Bertz CT molecular complexity index is 891. The highest BCUT2D eigenvalue weighted by Gasteiger charge is 2.39. The van der Waals surface area contributed by atoms with Crippen molar-refractivity contribution in [3.8, 4) is 0 Å². The monoisotopic (exact) mass is 427 g/mol. The van der Waals surface area contributed by atoms with E-state index in [1.165, 1.54) is 0 Å². The molecule has 1 aliphatic carbocycles. The predicted octanol–water partition coefficient (Wildman–Crippen LogP) is 3.92. The zero-order chi connectivity index (χ0) is 21.5. The van der Waals surface area contributed by atoms with Gasteiger partial charge in [-0.2, -0.15) is 23.3 Å². The fourth-order valence-electron chi connectivity index (χ4n) is 4.12. The Morgan fingerprint density at radius 1 is 1.20 bits per heavy atom. The summed E-state index contributed by atoms with van der Waals surface area (Å²) < 4.78 is 54.7. The van der Waals surface area contributed by atoms with Gasteiger partial charge in [0.25, 0.3) is 0 Å². The van der Waals surface area contributed by atoms with Crippen LogP contribution < -0.4 is 10.6 Å². The molecule has 0 spiro atoms. The molecule has 164 valence electrons. The Labute approximate surface area is 171 Å². The number of nitrogens with zero attached hydrogens (tertiary/aromatic N) is 5. The van der Waals surface area contributed by atoms with E-state index in [4.69, 9.17) is 0 Å². The lowest BCUT2D eigenvalue weighted by Crippen LogP contribution is -2.44. The minimum Gasteiger partial charge on any atom is -0.370 e. The van der Waals surface area contributed by atoms with Crippen molar-refractivity contribution >= 4 is 17.5 Å². The lowest BCUT2D eigenvalue weighted by atomic mass is 9.85. The third-order valence-electron chi connectivity index (χ3n) is 5.84. The molecule has 3 heterocycles. The summed E-state index contributed by atoms with van der Waals surface area (Å²) in [6, 6.07) is 0.617. The molecule has 2 aliphatic rings. The first kappa shape index (κ1) is 20.8. The number of rotatable bonds is 6. The Morgan fingerprint density at radius 3 is 2.60 bits per heavy atom. The number of likely N-dealkylation sites (tertiary alicyclic amines) is 1. The first-order valence-electron chi connectivity index (χ1n) is 10.1. The van der Waals surface area contributed by atoms with Crippen LogP contribution in [0.15, 0.2) is 12.4 Å². The molecule has 1 atom stereocenters. The standard InChI is InChI=1S/C19H25F4N7/c1-3-24-17-15(19(21,22)23)8-25-18(28-17)27-16-9-26-30(11(16)2)14-6-13(7-14)29-5-4-12(20)10-29/h8-9,12-14H,3-7,10H2,1-2H3,(H2,24,25,27,28)/t12-,13-,14+/m1/s1. The predicted molar refractivity (Wildman–Crippen MR) is 105 cm³/mol. The number of nitrogens with one attached hydrogen (secondary N) is 2. The SMILES string of the molecule is CCNc1nc(Nc2cnn([C@H]3C[C@@H](N4CC[C@@H](F)C4)C3)c2C)ncc1C(F)(F)F. The largest absolute Gasteiger partial charge is 0.421 e. The molecule has 2 N–H and O–H groups in total. The smallest absolute Gasteiger partial charge is 0.370 e. The fourth-order valence-corrected chi connectivity index (χ4v) is 4.12. The van der Waals surface area contributed by atoms with Crippen LogP contribution >= 0.6 is 0 Å². The van der Waals surface area contributed by atoms with Crippen LogP contribution in [0.1, 0.15) is 43.5 Å². The maximum absolute atomic E-state index is 13.4. The van der Waals surface area contributed by atoms with E-state index in [-0.39, 0.29) is 17.8 Å². The molecule has 2 aromatic rings. The van der Waals surface area contributed by atoms with Gasteiger partial charge in [0.1, 0.15) is 17.6 Å². The molecule has 7 nitrogen and oxygen atoms in total. The second-order valence-electron chi connectivity index (χ2n) is 7.86. The molecule has 0 amide bonds. The maximum atomic E-state index is 13.4. The van der Waals surface area contributed by atoms with E-state index in [1.54, 1.807) is 13.1 Å². The van der Waals surface area contributed by atoms with Gasteiger partial charge in [0.05, 0.1) is 23.6 Å². The van der Waals surface area contributed by atoms with Crippen molar-refractivity contribution in [2.75, 3.05) is 30.3 Å². The van der Waals surface area contributed by atoms with Crippen molar-refractivity contribution in [2.45, 2.75) is 57.5 Å². The Balaban J connectivity index is 1.44. The summed E-state index contributed by atoms with van der Waals surface area (Å²) in [5.74, 6) is -0.190. The number of anilines is 3. The van der Waals surface area contributed by atoms with Crippen LogP contribution in [-0.4, -0.2) is 56.5 Å². The Kier molecular flexibility index (Phi) is 5.56. The minimum atomic E-state index is -4.53. The van der Waals surface area contributed by atoms with Crippen molar-refractivity contribution in [1.82, 2.24) is 24.6 Å². The van der Waals surface area contributed by atoms with Crippen LogP contribution in [0.2, 0.25) is 0 Å². The molecule has 0 radical (unpaired) electrons. The molecule has 0 unspecified atom stereocenters. The number of hydrogen-bond acceptors (Lipinski definition) is 6. The summed E-state index contributed by atoms with van der Waals surface area (Å²) in [6.07, 6.45) is -0.414. The first-order valence-corrected chi connectivity index (χ1v) is 10.1. The van der Waals surface area contributed by atoms with E-state index in [0.29, 0.717) is 31.2 Å². The summed E-state index contributed by atoms with van der Waals surface area (Å²) in [5, 5.41) is 10.0. The number of halogens is 4. The van der Waals surface area contributed by atoms with Crippen LogP contribution in [-0.2, 0) is 6.18 Å². The molecule has 2 fully saturated rings. The van der Waals surface area contributed by atoms with Crippen molar-refractivity contribution in [1.29, 1.82) is 0 Å². The van der Waals surface area contributed by atoms with Crippen molar-refractivity contribution in [3.05, 3.63) is 23.7 Å². The van der Waals surface area contributed by atoms with Crippen molar-refractivity contribution in [2.24, 2.45) is 0 Å². The van der Waals surface area contributed by atoms with Crippen molar-refractivity contribution in [3.63, 3.8) is 0 Å². The highest BCUT2D eigenvalue weighted by atomic mass is 19.4. The molecule has 1 saturated carbocycles. The zero-order valence-corrected chi connectivity index (χ0v) is 16.9. The van der Waals surface area contributed by atoms with Gasteiger partial charge >= 0.3 is 6.18 Å². The highest BCUT2D eigenvalue weighted by molar-refractivity contribution is 5.58. The van der Waals surface area contributed by atoms with Crippen LogP contribution in [0.5, 0.6) is 0 Å². The van der Waals surface area contributed by atoms with E-state index in [0.717, 1.165) is 31.3 Å². The van der Waals surface area contributed by atoms with Crippen LogP contribution in [0.4, 0.5) is 35.0 Å². The molecule has 11 heteroatoms. The highest BCUT2D eigenvalue weighted by Crippen LogP contribution is 2.39. The lowest BCUT2D eigenvalue weighted by Gasteiger charge is -2.41. The van der Waals surface area contributed by atoms with Crippen LogP contribution in [0.25, 0.3) is 0 Å². The molecule has 1 saturated heterocycles. The van der Waals surface area contributed by atoms with Gasteiger partial charge in [0.15, 0.2) is 0 Å². The third-order valence-corrected chi connectivity index (χ3v) is 5.84. The van der Waals surface area contributed by atoms with E-state index in [2.05, 4.69) is 30.6 Å². The third kappa shape index (κ3) is 4.07. The zero-order valence-electron chi connectivity index (χ0n) is 16.9. The summed E-state index contributed by atoms with van der Waals surface area (Å²) in [7, 11) is 0. The van der Waals surface area contributed by atoms with Crippen LogP contribution in [0.3, 0.4) is 0 Å². The topological polar surface area (TPSA) is 70.9 Å². The average molecular weight is 427 g/mol. The molecular weight excluding hydrogens is 402 g/mol. The quantitative estimate of drug-likeness (QED) is 0.681. The summed E-state index contributed by atoms with van der Waals surface area (Å²) in [4.78, 5) is 10.0. The van der Waals surface area contributed by atoms with E-state index < -0.39 is 17.9 Å². The minimum absolute atomic E-state index is 0.0686. The first-order chi connectivity index (χ1) is 14.3. The molecule has 2 aromatic heterocycles. The summed E-state index contributed by atoms with van der Waals surface area (Å²) in [6.45, 7) is 5.22. The van der Waals surface area contributed by atoms with Gasteiger partial charge in [0.2, 0.25) is 5.95 Å². The van der Waals surface area contributed by atoms with E-state index >= 15 is 0 Å². The molecule has 0 aromatic carbocycles. The average Bonchev–Trinajstić information content (AvgIpc) is 3.21. The maximum Gasteiger partial charge on any atom is 0.421 e. The molecule has 4 rings (SSSR count). The Morgan fingerprint density at radius 2 is 1.97 bits per heavy atom. The lowest BCUT2D eigenvalue weighted by molar-refractivity contribution is -0.137. The van der Waals surface area contributed by atoms with E-state index in [9.17, 15) is 17.6 Å². The molecular formula is C19H25F4N7. The van der Waals surface area contributed by atoms with Gasteiger partial charge in [-0.25, -0.2) is 9.37 Å². The number of aromatic nitrogens is 4. The second-order valence-corrected chi connectivity index (χ2v) is 7.86.